The number of halogens is 3. The second-order valence-electron chi connectivity index (χ2n) is 6.12. The molecule has 0 amide bonds. The van der Waals surface area contributed by atoms with Crippen LogP contribution in [0.25, 0.3) is 28.5 Å². The van der Waals surface area contributed by atoms with Gasteiger partial charge in [-0.15, -0.1) is 0 Å². The van der Waals surface area contributed by atoms with Crippen LogP contribution in [0.5, 0.6) is 0 Å². The van der Waals surface area contributed by atoms with Gasteiger partial charge in [0.2, 0.25) is 5.89 Å². The summed E-state index contributed by atoms with van der Waals surface area (Å²) in [5.74, 6) is -0.221. The number of nitrogens with zero attached hydrogens (tertiary/aromatic N) is 5. The summed E-state index contributed by atoms with van der Waals surface area (Å²) in [5.41, 5.74) is -5.02. The smallest absolute Gasteiger partial charge is 0.435 e. The minimum atomic E-state index is -4.93. The molecule has 3 aromatic heterocycles. The van der Waals surface area contributed by atoms with Gasteiger partial charge in [-0.1, -0.05) is 6.92 Å². The third-order valence-corrected chi connectivity index (χ3v) is 7.06. The first-order chi connectivity index (χ1) is 14.6. The first-order valence-electron chi connectivity index (χ1n) is 8.58. The third-order valence-electron chi connectivity index (χ3n) is 4.20. The van der Waals surface area contributed by atoms with Crippen LogP contribution in [0, 0.1) is 0 Å². The molecule has 0 aliphatic carbocycles. The monoisotopic (exact) mass is 471 g/mol. The van der Waals surface area contributed by atoms with E-state index in [1.54, 1.807) is 0 Å². The van der Waals surface area contributed by atoms with E-state index in [0.717, 1.165) is 12.1 Å². The summed E-state index contributed by atoms with van der Waals surface area (Å²) in [7, 11) is -6.99. The number of aromatic nitrogens is 5. The fourth-order valence-electron chi connectivity index (χ4n) is 2.71. The fraction of sp³-hybridized carbons (Fsp3) is 0.176. The average Bonchev–Trinajstić information content (AvgIpc) is 3.41. The van der Waals surface area contributed by atoms with Crippen molar-refractivity contribution in [3.05, 3.63) is 43.0 Å². The molecule has 0 fully saturated rings. The van der Waals surface area contributed by atoms with Crippen LogP contribution in [0.1, 0.15) is 6.92 Å². The Morgan fingerprint density at radius 1 is 1.16 bits per heavy atom. The van der Waals surface area contributed by atoms with Gasteiger partial charge >= 0.3 is 5.51 Å². The van der Waals surface area contributed by atoms with E-state index in [4.69, 9.17) is 4.42 Å². The lowest BCUT2D eigenvalue weighted by atomic mass is 10.3. The molecule has 31 heavy (non-hydrogen) atoms. The molecule has 1 aromatic carbocycles. The van der Waals surface area contributed by atoms with Crippen molar-refractivity contribution in [1.82, 2.24) is 24.7 Å². The molecule has 0 spiro atoms. The van der Waals surface area contributed by atoms with Crippen molar-refractivity contribution in [2.75, 3.05) is 5.75 Å². The Kier molecular flexibility index (Phi) is 5.13. The largest absolute Gasteiger partial charge is 0.475 e. The van der Waals surface area contributed by atoms with Crippen LogP contribution in [0.3, 0.4) is 0 Å². The van der Waals surface area contributed by atoms with Crippen LogP contribution in [0.2, 0.25) is 0 Å². The third kappa shape index (κ3) is 3.95. The molecule has 0 radical (unpaired) electrons. The molecule has 3 heterocycles. The highest BCUT2D eigenvalue weighted by atomic mass is 32.2. The van der Waals surface area contributed by atoms with Gasteiger partial charge in [0.05, 0.1) is 15.5 Å². The molecule has 0 saturated heterocycles. The van der Waals surface area contributed by atoms with Crippen molar-refractivity contribution in [1.29, 1.82) is 0 Å². The van der Waals surface area contributed by atoms with E-state index in [1.807, 2.05) is 0 Å². The van der Waals surface area contributed by atoms with Gasteiger partial charge in [-0.05, 0) is 30.3 Å². The zero-order chi connectivity index (χ0) is 22.4. The van der Waals surface area contributed by atoms with Crippen LogP contribution >= 0.6 is 0 Å². The summed E-state index contributed by atoms with van der Waals surface area (Å²) in [6.07, 6.45) is 2.62. The Bertz CT molecular complexity index is 1400. The second-order valence-corrected chi connectivity index (χ2v) is 9.84. The number of hydrogen-bond acceptors (Lipinski definition) is 8. The number of pyridine rings is 1. The lowest BCUT2D eigenvalue weighted by Crippen LogP contribution is -2.16. The summed E-state index contributed by atoms with van der Waals surface area (Å²) in [4.78, 5) is 11.5. The number of sulfone groups is 1. The SMILES string of the molecule is CCS(=O)(=O)c1ccc(-n2cncn2)nc1-c1nc2cc(S(=O)C(F)(F)F)ccc2o1. The summed E-state index contributed by atoms with van der Waals surface area (Å²) in [5, 5.41) is 3.93. The van der Waals surface area contributed by atoms with Gasteiger partial charge < -0.3 is 4.42 Å². The van der Waals surface area contributed by atoms with Crippen LogP contribution in [-0.4, -0.2) is 48.6 Å². The van der Waals surface area contributed by atoms with Gasteiger partial charge in [-0.2, -0.15) is 18.3 Å². The van der Waals surface area contributed by atoms with E-state index in [1.165, 1.54) is 42.5 Å². The summed E-state index contributed by atoms with van der Waals surface area (Å²) < 4.78 is 81.9. The van der Waals surface area contributed by atoms with Gasteiger partial charge in [0.15, 0.2) is 32.0 Å². The standard InChI is InChI=1S/C17H12F3N5O4S2/c1-2-31(27,28)13-5-6-14(25-9-21-8-22-25)24-15(13)16-23-11-7-10(3-4-12(11)29-16)30(26)17(18,19)20/h3-9H,2H2,1H3. The summed E-state index contributed by atoms with van der Waals surface area (Å²) in [6, 6.07) is 5.90. The quantitative estimate of drug-likeness (QED) is 0.436. The van der Waals surface area contributed by atoms with Crippen molar-refractivity contribution in [3.63, 3.8) is 0 Å². The number of alkyl halides is 3. The van der Waals surface area contributed by atoms with Crippen molar-refractivity contribution in [2.45, 2.75) is 22.2 Å². The van der Waals surface area contributed by atoms with Gasteiger partial charge in [-0.3, -0.25) is 0 Å². The summed E-state index contributed by atoms with van der Waals surface area (Å²) >= 11 is 0. The van der Waals surface area contributed by atoms with Gasteiger partial charge in [0, 0.05) is 0 Å². The Morgan fingerprint density at radius 2 is 1.94 bits per heavy atom. The molecule has 162 valence electrons. The predicted octanol–water partition coefficient (Wildman–Crippen LogP) is 2.89. The highest BCUT2D eigenvalue weighted by molar-refractivity contribution is 7.91. The van der Waals surface area contributed by atoms with Gasteiger partial charge in [0.25, 0.3) is 0 Å². The Hall–Kier alpha value is -3.13. The Balaban J connectivity index is 1.89. The van der Waals surface area contributed by atoms with E-state index in [-0.39, 0.29) is 39.2 Å². The molecule has 4 aromatic rings. The van der Waals surface area contributed by atoms with Crippen molar-refractivity contribution < 1.29 is 30.2 Å². The number of hydrogen-bond donors (Lipinski definition) is 0. The highest BCUT2D eigenvalue weighted by Gasteiger charge is 2.38. The van der Waals surface area contributed by atoms with Crippen LogP contribution in [0.15, 0.2) is 57.2 Å². The lowest BCUT2D eigenvalue weighted by Gasteiger charge is -2.08. The molecule has 0 N–H and O–H groups in total. The summed E-state index contributed by atoms with van der Waals surface area (Å²) in [6.45, 7) is 1.45. The van der Waals surface area contributed by atoms with Crippen LogP contribution in [0.4, 0.5) is 13.2 Å². The van der Waals surface area contributed by atoms with Crippen LogP contribution < -0.4 is 0 Å². The number of oxazole rings is 1. The van der Waals surface area contributed by atoms with Crippen molar-refractivity contribution in [2.24, 2.45) is 0 Å². The normalized spacial score (nSPS) is 13.5. The van der Waals surface area contributed by atoms with Gasteiger partial charge in [-0.25, -0.2) is 32.3 Å². The first-order valence-corrected chi connectivity index (χ1v) is 11.4. The molecule has 1 atom stereocenters. The van der Waals surface area contributed by atoms with E-state index in [0.29, 0.717) is 0 Å². The second kappa shape index (κ2) is 7.53. The number of fused-ring (bicyclic) bond motifs is 1. The molecule has 1 unspecified atom stereocenters. The molecule has 0 aliphatic heterocycles. The lowest BCUT2D eigenvalue weighted by molar-refractivity contribution is -0.0384. The van der Waals surface area contributed by atoms with Crippen molar-refractivity contribution >= 4 is 31.7 Å². The maximum atomic E-state index is 12.8. The van der Waals surface area contributed by atoms with Crippen LogP contribution in [-0.2, 0) is 20.6 Å². The number of rotatable bonds is 5. The zero-order valence-electron chi connectivity index (χ0n) is 15.6. The van der Waals surface area contributed by atoms with E-state index in [2.05, 4.69) is 20.1 Å². The van der Waals surface area contributed by atoms with E-state index >= 15 is 0 Å². The molecular formula is C17H12F3N5O4S2. The van der Waals surface area contributed by atoms with E-state index < -0.39 is 31.0 Å². The maximum absolute atomic E-state index is 12.8. The Labute approximate surface area is 175 Å². The Morgan fingerprint density at radius 3 is 2.58 bits per heavy atom. The highest BCUT2D eigenvalue weighted by Crippen LogP contribution is 2.32. The maximum Gasteiger partial charge on any atom is 0.475 e. The minimum Gasteiger partial charge on any atom is -0.435 e. The molecule has 0 saturated carbocycles. The minimum absolute atomic E-state index is 0.0297. The molecule has 0 bridgehead atoms. The molecule has 9 nitrogen and oxygen atoms in total. The molecule has 14 heteroatoms. The topological polar surface area (TPSA) is 121 Å². The number of benzene rings is 1. The zero-order valence-corrected chi connectivity index (χ0v) is 17.2. The molecule has 4 rings (SSSR count). The molecular weight excluding hydrogens is 459 g/mol. The van der Waals surface area contributed by atoms with Crippen molar-refractivity contribution in [3.8, 4) is 17.4 Å². The molecule has 0 aliphatic rings. The fourth-order valence-corrected chi connectivity index (χ4v) is 4.40. The van der Waals surface area contributed by atoms with Gasteiger partial charge in [0.1, 0.15) is 23.9 Å². The first kappa shape index (κ1) is 21.1. The average molecular weight is 471 g/mol. The predicted molar refractivity (Wildman–Crippen MR) is 102 cm³/mol. The van der Waals surface area contributed by atoms with E-state index in [9.17, 15) is 25.8 Å².